The fourth-order valence-electron chi connectivity index (χ4n) is 2.27. The molecule has 1 aliphatic heterocycles. The molecule has 22 heavy (non-hydrogen) atoms. The molecule has 0 radical (unpaired) electrons. The fraction of sp³-hybridized carbons (Fsp3) is 0.467. The highest BCUT2D eigenvalue weighted by molar-refractivity contribution is 7.99. The molecular formula is C15H21ClN2O3S. The lowest BCUT2D eigenvalue weighted by Crippen LogP contribution is -2.39. The van der Waals surface area contributed by atoms with Gasteiger partial charge in [-0.2, -0.15) is 11.8 Å². The van der Waals surface area contributed by atoms with Gasteiger partial charge in [-0.25, -0.2) is 4.79 Å². The van der Waals surface area contributed by atoms with Gasteiger partial charge in [0, 0.05) is 36.2 Å². The zero-order chi connectivity index (χ0) is 15.2. The van der Waals surface area contributed by atoms with Crippen LogP contribution >= 0.6 is 24.2 Å². The number of anilines is 1. The van der Waals surface area contributed by atoms with Crippen molar-refractivity contribution in [1.29, 1.82) is 0 Å². The van der Waals surface area contributed by atoms with E-state index in [1.165, 1.54) is 7.11 Å². The molecule has 122 valence electrons. The smallest absolute Gasteiger partial charge is 0.338 e. The minimum atomic E-state index is -0.367. The minimum Gasteiger partial charge on any atom is -0.465 e. The summed E-state index contributed by atoms with van der Waals surface area (Å²) in [6.07, 6.45) is 0.463. The summed E-state index contributed by atoms with van der Waals surface area (Å²) >= 11 is 1.87. The molecule has 0 spiro atoms. The van der Waals surface area contributed by atoms with E-state index in [1.807, 2.05) is 18.7 Å². The van der Waals surface area contributed by atoms with Crippen LogP contribution in [-0.2, 0) is 9.53 Å². The monoisotopic (exact) mass is 344 g/mol. The second-order valence-electron chi connectivity index (χ2n) is 5.00. The highest BCUT2D eigenvalue weighted by Gasteiger charge is 2.17. The van der Waals surface area contributed by atoms with Gasteiger partial charge in [0.05, 0.1) is 12.7 Å². The molecule has 1 saturated heterocycles. The van der Waals surface area contributed by atoms with E-state index in [0.29, 0.717) is 17.7 Å². The number of methoxy groups -OCH3 is 1. The van der Waals surface area contributed by atoms with Gasteiger partial charge in [0.2, 0.25) is 5.91 Å². The maximum atomic E-state index is 12.0. The maximum absolute atomic E-state index is 12.0. The van der Waals surface area contributed by atoms with Gasteiger partial charge >= 0.3 is 5.97 Å². The van der Waals surface area contributed by atoms with Crippen molar-refractivity contribution >= 4 is 41.7 Å². The summed E-state index contributed by atoms with van der Waals surface area (Å²) in [6.45, 7) is 2.77. The number of halogens is 1. The third kappa shape index (κ3) is 5.19. The van der Waals surface area contributed by atoms with Crippen molar-refractivity contribution in [1.82, 2.24) is 5.32 Å². The molecule has 1 aromatic carbocycles. The van der Waals surface area contributed by atoms with E-state index < -0.39 is 0 Å². The molecule has 0 saturated carbocycles. The molecule has 1 aromatic rings. The van der Waals surface area contributed by atoms with E-state index in [1.54, 1.807) is 18.2 Å². The number of rotatable bonds is 4. The predicted octanol–water partition coefficient (Wildman–Crippen LogP) is 2.24. The summed E-state index contributed by atoms with van der Waals surface area (Å²) < 4.78 is 4.70. The van der Waals surface area contributed by atoms with Gasteiger partial charge < -0.3 is 15.4 Å². The van der Waals surface area contributed by atoms with E-state index in [4.69, 9.17) is 4.74 Å². The molecule has 1 atom stereocenters. The van der Waals surface area contributed by atoms with Crippen molar-refractivity contribution < 1.29 is 14.3 Å². The summed E-state index contributed by atoms with van der Waals surface area (Å²) in [5, 5.41) is 6.21. The quantitative estimate of drug-likeness (QED) is 0.820. The van der Waals surface area contributed by atoms with E-state index in [0.717, 1.165) is 23.6 Å². The van der Waals surface area contributed by atoms with Crippen LogP contribution in [0.15, 0.2) is 18.2 Å². The van der Waals surface area contributed by atoms with Crippen LogP contribution in [0, 0.1) is 6.92 Å². The Hall–Kier alpha value is -1.24. The zero-order valence-corrected chi connectivity index (χ0v) is 14.3. The SMILES string of the molecule is COC(=O)c1ccc(NC(=O)CC2CSCCN2)cc1C.Cl. The van der Waals surface area contributed by atoms with Crippen LogP contribution in [0.5, 0.6) is 0 Å². The molecule has 1 fully saturated rings. The largest absolute Gasteiger partial charge is 0.465 e. The van der Waals surface area contributed by atoms with E-state index in [-0.39, 0.29) is 30.3 Å². The van der Waals surface area contributed by atoms with E-state index >= 15 is 0 Å². The number of esters is 1. The molecule has 0 bridgehead atoms. The summed E-state index contributed by atoms with van der Waals surface area (Å²) in [5.41, 5.74) is 2.00. The van der Waals surface area contributed by atoms with Crippen LogP contribution in [0.1, 0.15) is 22.3 Å². The van der Waals surface area contributed by atoms with Crippen molar-refractivity contribution in [2.75, 3.05) is 30.5 Å². The van der Waals surface area contributed by atoms with E-state index in [2.05, 4.69) is 10.6 Å². The molecule has 1 amide bonds. The van der Waals surface area contributed by atoms with Crippen LogP contribution in [0.25, 0.3) is 0 Å². The van der Waals surface area contributed by atoms with Gasteiger partial charge in [-0.1, -0.05) is 0 Å². The van der Waals surface area contributed by atoms with Gasteiger partial charge in [-0.05, 0) is 30.7 Å². The Balaban J connectivity index is 0.00000242. The number of aryl methyl sites for hydroxylation is 1. The Bertz CT molecular complexity index is 534. The van der Waals surface area contributed by atoms with Crippen LogP contribution in [0.3, 0.4) is 0 Å². The van der Waals surface area contributed by atoms with Crippen LogP contribution in [0.4, 0.5) is 5.69 Å². The number of hydrogen-bond donors (Lipinski definition) is 2. The number of benzene rings is 1. The Morgan fingerprint density at radius 3 is 2.82 bits per heavy atom. The average Bonchev–Trinajstić information content (AvgIpc) is 2.47. The topological polar surface area (TPSA) is 67.4 Å². The first kappa shape index (κ1) is 18.8. The average molecular weight is 345 g/mol. The molecular weight excluding hydrogens is 324 g/mol. The third-order valence-corrected chi connectivity index (χ3v) is 4.48. The molecule has 7 heteroatoms. The van der Waals surface area contributed by atoms with E-state index in [9.17, 15) is 9.59 Å². The summed E-state index contributed by atoms with van der Waals surface area (Å²) in [6, 6.07) is 5.41. The standard InChI is InChI=1S/C15H20N2O3S.ClH/c1-10-7-11(3-4-13(10)15(19)20-2)17-14(18)8-12-9-21-6-5-16-12;/h3-4,7,12,16H,5-6,8-9H2,1-2H3,(H,17,18);1H. The number of thioether (sulfide) groups is 1. The van der Waals surface area contributed by atoms with Gasteiger partial charge in [0.1, 0.15) is 0 Å². The van der Waals surface area contributed by atoms with Crippen molar-refractivity contribution in [2.24, 2.45) is 0 Å². The Labute approximate surface area is 141 Å². The lowest BCUT2D eigenvalue weighted by molar-refractivity contribution is -0.116. The summed E-state index contributed by atoms with van der Waals surface area (Å²) in [4.78, 5) is 23.5. The second-order valence-corrected chi connectivity index (χ2v) is 6.15. The molecule has 2 rings (SSSR count). The van der Waals surface area contributed by atoms with Gasteiger partial charge in [-0.3, -0.25) is 4.79 Å². The van der Waals surface area contributed by atoms with Crippen molar-refractivity contribution in [3.63, 3.8) is 0 Å². The normalized spacial score (nSPS) is 17.3. The van der Waals surface area contributed by atoms with Crippen LogP contribution in [-0.4, -0.2) is 43.1 Å². The number of nitrogens with one attached hydrogen (secondary N) is 2. The number of hydrogen-bond acceptors (Lipinski definition) is 5. The first-order chi connectivity index (χ1) is 10.1. The maximum Gasteiger partial charge on any atom is 0.338 e. The third-order valence-electron chi connectivity index (χ3n) is 3.35. The molecule has 0 aliphatic carbocycles. The lowest BCUT2D eigenvalue weighted by Gasteiger charge is -2.22. The zero-order valence-electron chi connectivity index (χ0n) is 12.7. The molecule has 5 nitrogen and oxygen atoms in total. The van der Waals surface area contributed by atoms with Crippen LogP contribution < -0.4 is 10.6 Å². The number of carbonyl (C=O) groups excluding carboxylic acids is 2. The molecule has 2 N–H and O–H groups in total. The van der Waals surface area contributed by atoms with Crippen LogP contribution in [0.2, 0.25) is 0 Å². The lowest BCUT2D eigenvalue weighted by atomic mass is 10.1. The molecule has 0 aromatic heterocycles. The summed E-state index contributed by atoms with van der Waals surface area (Å²) in [5.74, 6) is 1.69. The number of amides is 1. The fourth-order valence-corrected chi connectivity index (χ4v) is 3.22. The highest BCUT2D eigenvalue weighted by Crippen LogP contribution is 2.17. The van der Waals surface area contributed by atoms with Gasteiger partial charge in [0.25, 0.3) is 0 Å². The number of ether oxygens (including phenoxy) is 1. The Kier molecular flexibility index (Phi) is 7.72. The first-order valence-electron chi connectivity index (χ1n) is 6.90. The molecule has 1 heterocycles. The second kappa shape index (κ2) is 9.02. The van der Waals surface area contributed by atoms with Crippen molar-refractivity contribution in [3.05, 3.63) is 29.3 Å². The Morgan fingerprint density at radius 2 is 2.23 bits per heavy atom. The van der Waals surface area contributed by atoms with Crippen molar-refractivity contribution in [2.45, 2.75) is 19.4 Å². The number of carbonyl (C=O) groups is 2. The summed E-state index contributed by atoms with van der Waals surface area (Å²) in [7, 11) is 1.35. The molecule has 1 unspecified atom stereocenters. The van der Waals surface area contributed by atoms with Gasteiger partial charge in [0.15, 0.2) is 0 Å². The predicted molar refractivity (Wildman–Crippen MR) is 92.1 cm³/mol. The molecule has 1 aliphatic rings. The Morgan fingerprint density at radius 1 is 1.45 bits per heavy atom. The van der Waals surface area contributed by atoms with Gasteiger partial charge in [-0.15, -0.1) is 12.4 Å². The minimum absolute atomic E-state index is 0. The first-order valence-corrected chi connectivity index (χ1v) is 8.05. The highest BCUT2D eigenvalue weighted by atomic mass is 35.5. The van der Waals surface area contributed by atoms with Crippen molar-refractivity contribution in [3.8, 4) is 0 Å².